The van der Waals surface area contributed by atoms with Crippen LogP contribution in [-0.4, -0.2) is 62.2 Å². The normalized spacial score (nSPS) is 34.1. The van der Waals surface area contributed by atoms with E-state index in [2.05, 4.69) is 28.2 Å². The Bertz CT molecular complexity index is 325. The summed E-state index contributed by atoms with van der Waals surface area (Å²) in [6, 6.07) is 2.55. The molecule has 2 aliphatic rings. The van der Waals surface area contributed by atoms with Crippen molar-refractivity contribution in [3.63, 3.8) is 0 Å². The molecule has 0 spiro atoms. The van der Waals surface area contributed by atoms with Crippen LogP contribution in [-0.2, 0) is 0 Å². The van der Waals surface area contributed by atoms with Crippen LogP contribution in [0.4, 0.5) is 0 Å². The second kappa shape index (κ2) is 6.69. The SMILES string of the molecule is CNC1(C#N)CCCC1CCN1CCCN(C)CC1. The predicted molar refractivity (Wildman–Crippen MR) is 77.9 cm³/mol. The average Bonchev–Trinajstić information content (AvgIpc) is 2.73. The predicted octanol–water partition coefficient (Wildman–Crippen LogP) is 1.30. The van der Waals surface area contributed by atoms with E-state index in [0.29, 0.717) is 5.92 Å². The van der Waals surface area contributed by atoms with Gasteiger partial charge in [-0.1, -0.05) is 6.42 Å². The molecule has 1 aliphatic heterocycles. The van der Waals surface area contributed by atoms with Gasteiger partial charge in [0.25, 0.3) is 0 Å². The number of nitrogens with one attached hydrogen (secondary N) is 1. The summed E-state index contributed by atoms with van der Waals surface area (Å²) >= 11 is 0. The molecule has 4 nitrogen and oxygen atoms in total. The van der Waals surface area contributed by atoms with E-state index in [1.54, 1.807) is 0 Å². The molecule has 1 saturated heterocycles. The van der Waals surface area contributed by atoms with Gasteiger partial charge >= 0.3 is 0 Å². The molecule has 108 valence electrons. The molecule has 0 bridgehead atoms. The van der Waals surface area contributed by atoms with E-state index < -0.39 is 0 Å². The summed E-state index contributed by atoms with van der Waals surface area (Å²) < 4.78 is 0. The minimum Gasteiger partial charge on any atom is -0.305 e. The minimum atomic E-state index is -0.247. The van der Waals surface area contributed by atoms with Gasteiger partial charge in [0.05, 0.1) is 6.07 Å². The van der Waals surface area contributed by atoms with Crippen molar-refractivity contribution in [3.8, 4) is 6.07 Å². The van der Waals surface area contributed by atoms with E-state index in [9.17, 15) is 5.26 Å². The molecule has 1 aliphatic carbocycles. The van der Waals surface area contributed by atoms with E-state index in [-0.39, 0.29) is 5.54 Å². The highest BCUT2D eigenvalue weighted by molar-refractivity contribution is 5.13. The van der Waals surface area contributed by atoms with Crippen molar-refractivity contribution in [3.05, 3.63) is 0 Å². The van der Waals surface area contributed by atoms with E-state index in [1.165, 1.54) is 45.4 Å². The lowest BCUT2D eigenvalue weighted by atomic mass is 9.86. The third kappa shape index (κ3) is 3.47. The zero-order valence-corrected chi connectivity index (χ0v) is 12.5. The molecule has 0 aromatic carbocycles. The van der Waals surface area contributed by atoms with Crippen LogP contribution in [0, 0.1) is 17.2 Å². The highest BCUT2D eigenvalue weighted by Gasteiger charge is 2.41. The Labute approximate surface area is 117 Å². The van der Waals surface area contributed by atoms with Crippen LogP contribution < -0.4 is 5.32 Å². The average molecular weight is 264 g/mol. The first-order valence-corrected chi connectivity index (χ1v) is 7.71. The Morgan fingerprint density at radius 3 is 2.84 bits per heavy atom. The molecule has 2 atom stereocenters. The lowest BCUT2D eigenvalue weighted by Gasteiger charge is -2.30. The third-order valence-corrected chi connectivity index (χ3v) is 5.07. The van der Waals surface area contributed by atoms with Crippen LogP contribution in [0.3, 0.4) is 0 Å². The molecule has 4 heteroatoms. The Morgan fingerprint density at radius 2 is 2.11 bits per heavy atom. The lowest BCUT2D eigenvalue weighted by molar-refractivity contribution is 0.230. The molecule has 0 aromatic heterocycles. The van der Waals surface area contributed by atoms with E-state index in [0.717, 1.165) is 19.4 Å². The molecule has 0 radical (unpaired) electrons. The highest BCUT2D eigenvalue weighted by atomic mass is 15.2. The molecule has 0 aromatic rings. The highest BCUT2D eigenvalue weighted by Crippen LogP contribution is 2.37. The molecular weight excluding hydrogens is 236 g/mol. The smallest absolute Gasteiger partial charge is 0.109 e. The summed E-state index contributed by atoms with van der Waals surface area (Å²) in [5.41, 5.74) is -0.247. The number of likely N-dealkylation sites (N-methyl/N-ethyl adjacent to an activating group) is 1. The maximum atomic E-state index is 9.47. The number of rotatable bonds is 4. The van der Waals surface area contributed by atoms with Gasteiger partial charge < -0.3 is 15.1 Å². The van der Waals surface area contributed by atoms with Crippen LogP contribution in [0.25, 0.3) is 0 Å². The fraction of sp³-hybridized carbons (Fsp3) is 0.933. The Hall–Kier alpha value is -0.630. The van der Waals surface area contributed by atoms with Crippen LogP contribution in [0.1, 0.15) is 32.1 Å². The van der Waals surface area contributed by atoms with Crippen LogP contribution >= 0.6 is 0 Å². The largest absolute Gasteiger partial charge is 0.305 e. The standard InChI is InChI=1S/C15H28N4/c1-17-15(13-16)7-3-5-14(15)6-10-19-9-4-8-18(2)11-12-19/h14,17H,3-12H2,1-2H3. The first-order valence-electron chi connectivity index (χ1n) is 7.71. The van der Waals surface area contributed by atoms with Crippen molar-refractivity contribution in [1.29, 1.82) is 5.26 Å². The zero-order valence-electron chi connectivity index (χ0n) is 12.5. The van der Waals surface area contributed by atoms with Gasteiger partial charge in [-0.25, -0.2) is 0 Å². The first-order chi connectivity index (χ1) is 9.20. The van der Waals surface area contributed by atoms with Crippen molar-refractivity contribution >= 4 is 0 Å². The van der Waals surface area contributed by atoms with E-state index in [4.69, 9.17) is 0 Å². The molecule has 2 fully saturated rings. The van der Waals surface area contributed by atoms with Crippen molar-refractivity contribution in [2.24, 2.45) is 5.92 Å². The first kappa shape index (κ1) is 14.8. The number of hydrogen-bond acceptors (Lipinski definition) is 4. The second-order valence-electron chi connectivity index (χ2n) is 6.21. The second-order valence-corrected chi connectivity index (χ2v) is 6.21. The van der Waals surface area contributed by atoms with Gasteiger partial charge in [-0.15, -0.1) is 0 Å². The molecule has 19 heavy (non-hydrogen) atoms. The molecular formula is C15H28N4. The number of nitriles is 1. The fourth-order valence-corrected chi connectivity index (χ4v) is 3.66. The van der Waals surface area contributed by atoms with Gasteiger partial charge in [0, 0.05) is 13.1 Å². The monoisotopic (exact) mass is 264 g/mol. The lowest BCUT2D eigenvalue weighted by Crippen LogP contribution is -2.46. The summed E-state index contributed by atoms with van der Waals surface area (Å²) in [6.45, 7) is 5.96. The van der Waals surface area contributed by atoms with Gasteiger partial charge in [0.15, 0.2) is 0 Å². The van der Waals surface area contributed by atoms with Crippen molar-refractivity contribution < 1.29 is 0 Å². The maximum Gasteiger partial charge on any atom is 0.109 e. The van der Waals surface area contributed by atoms with Crippen molar-refractivity contribution in [2.75, 3.05) is 46.8 Å². The van der Waals surface area contributed by atoms with Gasteiger partial charge in [0.2, 0.25) is 0 Å². The summed E-state index contributed by atoms with van der Waals surface area (Å²) in [5.74, 6) is 0.531. The molecule has 2 rings (SSSR count). The molecule has 0 amide bonds. The summed E-state index contributed by atoms with van der Waals surface area (Å²) in [5, 5.41) is 12.8. The Morgan fingerprint density at radius 1 is 1.26 bits per heavy atom. The van der Waals surface area contributed by atoms with Gasteiger partial charge in [-0.2, -0.15) is 5.26 Å². The van der Waals surface area contributed by atoms with Crippen LogP contribution in [0.2, 0.25) is 0 Å². The van der Waals surface area contributed by atoms with E-state index >= 15 is 0 Å². The van der Waals surface area contributed by atoms with Gasteiger partial charge in [-0.05, 0) is 65.3 Å². The topological polar surface area (TPSA) is 42.3 Å². The molecule has 1 saturated carbocycles. The maximum absolute atomic E-state index is 9.47. The van der Waals surface area contributed by atoms with Crippen molar-refractivity contribution in [2.45, 2.75) is 37.6 Å². The van der Waals surface area contributed by atoms with Gasteiger partial charge in [0.1, 0.15) is 5.54 Å². The van der Waals surface area contributed by atoms with Crippen LogP contribution in [0.15, 0.2) is 0 Å². The third-order valence-electron chi connectivity index (χ3n) is 5.07. The number of nitrogens with zero attached hydrogens (tertiary/aromatic N) is 3. The summed E-state index contributed by atoms with van der Waals surface area (Å²) in [7, 11) is 4.16. The van der Waals surface area contributed by atoms with E-state index in [1.807, 2.05) is 7.05 Å². The number of hydrogen-bond donors (Lipinski definition) is 1. The molecule has 1 N–H and O–H groups in total. The van der Waals surface area contributed by atoms with Gasteiger partial charge in [-0.3, -0.25) is 0 Å². The molecule has 1 heterocycles. The summed E-state index contributed by atoms with van der Waals surface area (Å²) in [6.07, 6.45) is 5.87. The Kier molecular flexibility index (Phi) is 5.20. The molecule has 2 unspecified atom stereocenters. The Balaban J connectivity index is 1.83. The fourth-order valence-electron chi connectivity index (χ4n) is 3.66. The minimum absolute atomic E-state index is 0.247. The zero-order chi connectivity index (χ0) is 13.7. The quantitative estimate of drug-likeness (QED) is 0.831. The summed E-state index contributed by atoms with van der Waals surface area (Å²) in [4.78, 5) is 5.00. The van der Waals surface area contributed by atoms with Crippen molar-refractivity contribution in [1.82, 2.24) is 15.1 Å². The van der Waals surface area contributed by atoms with Crippen LogP contribution in [0.5, 0.6) is 0 Å².